The van der Waals surface area contributed by atoms with Gasteiger partial charge >= 0.3 is 5.97 Å². The Morgan fingerprint density at radius 2 is 0.818 bits per heavy atom. The number of nitrogens with zero attached hydrogens (tertiary/aromatic N) is 17. The number of fused-ring (bicyclic) bond motifs is 3. The lowest BCUT2D eigenvalue weighted by Gasteiger charge is -2.11. The number of carbonyl (C=O) groups excluding carboxylic acids is 2. The van der Waals surface area contributed by atoms with Crippen molar-refractivity contribution in [3.8, 4) is 12.1 Å². The number of ketones is 2. The lowest BCUT2D eigenvalue weighted by atomic mass is 9.94. The van der Waals surface area contributed by atoms with Crippen molar-refractivity contribution in [3.63, 3.8) is 0 Å². The van der Waals surface area contributed by atoms with Gasteiger partial charge in [-0.1, -0.05) is 33.8 Å². The standard InChI is InChI=1S/C25H27N7O.C25H24N6O.C14H13N5O2.C10H12N2.ClH/c1-15-9-19(25(26)27)10-16(2)21(15)6-7-23(33)22-14-32(30-29-22)13-20-12-31-11-18(17-3-4-17)5-8-24(31)28-20;1-16-9-18(11-26)10-17(2)22(16)6-7-24(32)23-15-31(29-28-23)14-21-13-30-12-20(19-3-4-19)5-8-25(30)27-21;20-14(21)12-8-19(17-16-12)7-11-6-18-5-10(9-1-2-9)3-4-13(18)15-11;1-7-3-9(5-11)4-8(2)10(7)6-12;/h5,8-12,14,17H,3-4,6-7,13H2,1-2H3,(H3,26,27);5,8-10,12-13,15,19H,3-4,6-7,14H2,1-2H3;3-6,8-9H,1-2,7H2,(H,20,21);3-4H,6,12H2,1-2H3;1H. The Hall–Kier alpha value is -11.3. The smallest absolute Gasteiger partial charge is 0.358 e. The van der Waals surface area contributed by atoms with E-state index in [-0.39, 0.29) is 35.5 Å². The third kappa shape index (κ3) is 16.9. The van der Waals surface area contributed by atoms with Gasteiger partial charge in [0.2, 0.25) is 0 Å². The van der Waals surface area contributed by atoms with E-state index in [1.54, 1.807) is 21.8 Å². The van der Waals surface area contributed by atoms with Gasteiger partial charge in [0.15, 0.2) is 17.3 Å². The SMILES string of the molecule is Cc1cc(C#N)cc(C)c1CCC(=O)c1cn(Cc2cn3cc(C4CC4)ccc3n2)nn1.Cc1cc(C#N)cc(C)c1CN.Cc1cc(C(=N)N)cc(C)c1CCC(=O)c1cn(Cc2cn3cc(C4CC4)ccc3n2)nn1.Cl.O=C(O)c1cn(Cc2cn3cc(C4CC4)ccc3n2)nn1. The normalized spacial score (nSPS) is 13.1. The molecule has 0 spiro atoms. The fourth-order valence-electron chi connectivity index (χ4n) is 12.5. The third-order valence-electron chi connectivity index (χ3n) is 18.2. The molecule has 0 atom stereocenters. The predicted octanol–water partition coefficient (Wildman–Crippen LogP) is 11.3. The van der Waals surface area contributed by atoms with Crippen molar-refractivity contribution in [2.75, 3.05) is 0 Å². The summed E-state index contributed by atoms with van der Waals surface area (Å²) >= 11 is 0. The van der Waals surface area contributed by atoms with Gasteiger partial charge in [-0.15, -0.1) is 27.7 Å². The van der Waals surface area contributed by atoms with Crippen LogP contribution in [0.15, 0.2) is 129 Å². The number of Topliss-reactive ketones (excluding diaryl/α,β-unsaturated/α-hetero) is 2. The molecule has 0 bridgehead atoms. The molecular weight excluding hydrogens is 1270 g/mol. The van der Waals surface area contributed by atoms with Crippen molar-refractivity contribution in [2.24, 2.45) is 11.5 Å². The number of nitrogen functional groups attached to an aromatic ring is 1. The van der Waals surface area contributed by atoms with E-state index in [9.17, 15) is 14.4 Å². The molecule has 3 saturated carbocycles. The highest BCUT2D eigenvalue weighted by Crippen LogP contribution is 2.41. The maximum Gasteiger partial charge on any atom is 0.358 e. The summed E-state index contributed by atoms with van der Waals surface area (Å²) in [7, 11) is 0. The number of pyridine rings is 3. The zero-order valence-electron chi connectivity index (χ0n) is 56.1. The van der Waals surface area contributed by atoms with Crippen LogP contribution < -0.4 is 11.5 Å². The molecule has 0 aliphatic heterocycles. The molecule has 99 heavy (non-hydrogen) atoms. The summed E-state index contributed by atoms with van der Waals surface area (Å²) in [6.07, 6.45) is 26.7. The van der Waals surface area contributed by atoms with Gasteiger partial charge in [0.1, 0.15) is 34.2 Å². The fraction of sp³-hybridized carbons (Fsp3) is 0.311. The van der Waals surface area contributed by atoms with E-state index in [2.05, 4.69) is 116 Å². The van der Waals surface area contributed by atoms with Crippen LogP contribution in [-0.4, -0.2) is 102 Å². The molecule has 15 rings (SSSR count). The van der Waals surface area contributed by atoms with Crippen molar-refractivity contribution < 1.29 is 19.5 Å². The van der Waals surface area contributed by atoms with Crippen molar-refractivity contribution in [1.82, 2.24) is 73.1 Å². The van der Waals surface area contributed by atoms with E-state index in [4.69, 9.17) is 32.5 Å². The molecular formula is C74H77ClN20O4. The first kappa shape index (κ1) is 69.0. The average molecular weight is 1350 g/mol. The van der Waals surface area contributed by atoms with Crippen LogP contribution in [0.25, 0.3) is 16.9 Å². The highest BCUT2D eigenvalue weighted by atomic mass is 35.5. The summed E-state index contributed by atoms with van der Waals surface area (Å²) < 4.78 is 10.9. The Balaban J connectivity index is 0.000000140. The molecule has 24 nitrogen and oxygen atoms in total. The maximum atomic E-state index is 12.7. The second-order valence-corrected chi connectivity index (χ2v) is 25.9. The summed E-state index contributed by atoms with van der Waals surface area (Å²) in [5, 5.41) is 58.1. The number of carboxylic acid groups (broad SMARTS) is 1. The zero-order valence-corrected chi connectivity index (χ0v) is 56.9. The molecule has 12 aromatic rings. The van der Waals surface area contributed by atoms with E-state index in [0.29, 0.717) is 97.7 Å². The third-order valence-corrected chi connectivity index (χ3v) is 18.2. The molecule has 0 unspecified atom stereocenters. The van der Waals surface area contributed by atoms with E-state index in [0.717, 1.165) is 84.1 Å². The lowest BCUT2D eigenvalue weighted by Crippen LogP contribution is -2.12. The van der Waals surface area contributed by atoms with E-state index < -0.39 is 5.97 Å². The minimum absolute atomic E-state index is 0. The van der Waals surface area contributed by atoms with Crippen LogP contribution in [-0.2, 0) is 39.0 Å². The zero-order chi connectivity index (χ0) is 68.9. The molecule has 3 aliphatic rings. The first-order chi connectivity index (χ1) is 47.2. The second-order valence-electron chi connectivity index (χ2n) is 25.9. The van der Waals surface area contributed by atoms with Crippen molar-refractivity contribution in [3.05, 3.63) is 246 Å². The number of aromatic nitrogens is 15. The van der Waals surface area contributed by atoms with Crippen LogP contribution >= 0.6 is 12.4 Å². The fourth-order valence-corrected chi connectivity index (χ4v) is 12.5. The van der Waals surface area contributed by atoms with Crippen LogP contribution in [0.5, 0.6) is 0 Å². The number of hydrogen-bond donors (Lipinski definition) is 4. The number of rotatable bonds is 20. The molecule has 504 valence electrons. The Morgan fingerprint density at radius 1 is 0.495 bits per heavy atom. The summed E-state index contributed by atoms with van der Waals surface area (Å²) in [6, 6.07) is 28.1. The van der Waals surface area contributed by atoms with Crippen molar-refractivity contribution in [1.29, 1.82) is 15.9 Å². The van der Waals surface area contributed by atoms with E-state index in [1.165, 1.54) is 66.1 Å². The second kappa shape index (κ2) is 30.0. The maximum absolute atomic E-state index is 12.7. The van der Waals surface area contributed by atoms with E-state index in [1.807, 2.05) is 107 Å². The Kier molecular flexibility index (Phi) is 20.9. The molecule has 9 aromatic heterocycles. The van der Waals surface area contributed by atoms with Crippen LogP contribution in [0.2, 0.25) is 0 Å². The molecule has 3 aliphatic carbocycles. The van der Waals surface area contributed by atoms with Crippen LogP contribution in [0.3, 0.4) is 0 Å². The predicted molar refractivity (Wildman–Crippen MR) is 374 cm³/mol. The van der Waals surface area contributed by atoms with Gasteiger partial charge in [-0.3, -0.25) is 15.0 Å². The number of halogens is 1. The molecule has 9 heterocycles. The number of amidine groups is 1. The monoisotopic (exact) mass is 1340 g/mol. The largest absolute Gasteiger partial charge is 0.476 e. The summed E-state index contributed by atoms with van der Waals surface area (Å²) in [5.74, 6) is 0.992. The minimum Gasteiger partial charge on any atom is -0.476 e. The summed E-state index contributed by atoms with van der Waals surface area (Å²) in [4.78, 5) is 50.0. The van der Waals surface area contributed by atoms with Crippen molar-refractivity contribution >= 4 is 52.7 Å². The number of nitriles is 2. The molecule has 3 fully saturated rings. The number of aryl methyl sites for hydroxylation is 6. The molecule has 25 heteroatoms. The van der Waals surface area contributed by atoms with Crippen molar-refractivity contribution in [2.45, 2.75) is 150 Å². The Labute approximate surface area is 577 Å². The van der Waals surface area contributed by atoms with Gasteiger partial charge in [-0.05, 0) is 232 Å². The molecule has 3 aromatic carbocycles. The quantitative estimate of drug-likeness (QED) is 0.0313. The number of carbonyl (C=O) groups is 3. The number of aromatic carboxylic acids is 1. The number of carboxylic acids is 1. The highest BCUT2D eigenvalue weighted by molar-refractivity contribution is 5.96. The number of imidazole rings is 3. The highest BCUT2D eigenvalue weighted by Gasteiger charge is 2.26. The van der Waals surface area contributed by atoms with Crippen LogP contribution in [0.1, 0.15) is 201 Å². The van der Waals surface area contributed by atoms with Gasteiger partial charge in [-0.25, -0.2) is 33.8 Å². The Morgan fingerprint density at radius 3 is 1.12 bits per heavy atom. The first-order valence-corrected chi connectivity index (χ1v) is 32.8. The summed E-state index contributed by atoms with van der Waals surface area (Å²) in [5.41, 5.74) is 33.0. The number of benzene rings is 3. The van der Waals surface area contributed by atoms with Gasteiger partial charge in [0.25, 0.3) is 0 Å². The number of nitrogens with one attached hydrogen (secondary N) is 1. The van der Waals surface area contributed by atoms with Gasteiger partial charge < -0.3 is 29.8 Å². The van der Waals surface area contributed by atoms with Gasteiger partial charge in [-0.2, -0.15) is 10.5 Å². The van der Waals surface area contributed by atoms with E-state index >= 15 is 0 Å². The topological polar surface area (TPSA) is 339 Å². The lowest BCUT2D eigenvalue weighted by molar-refractivity contribution is 0.0689. The first-order valence-electron chi connectivity index (χ1n) is 32.8. The summed E-state index contributed by atoms with van der Waals surface area (Å²) in [6.45, 7) is 13.8. The average Bonchev–Trinajstić information content (AvgIpc) is 1.60. The molecule has 0 saturated heterocycles. The minimum atomic E-state index is -1.08. The molecule has 6 N–H and O–H groups in total. The number of hydrogen-bond acceptors (Lipinski definition) is 16. The Bertz CT molecular complexity index is 5050. The van der Waals surface area contributed by atoms with Crippen LogP contribution in [0.4, 0.5) is 0 Å². The van der Waals surface area contributed by atoms with Gasteiger partial charge in [0.05, 0.1) is 78.6 Å². The molecule has 0 amide bonds. The van der Waals surface area contributed by atoms with Gasteiger partial charge in [0, 0.05) is 62.1 Å². The van der Waals surface area contributed by atoms with Crippen LogP contribution in [0, 0.1) is 69.6 Å². The number of nitrogens with two attached hydrogens (primary N) is 2. The molecule has 0 radical (unpaired) electrons.